The predicted molar refractivity (Wildman–Crippen MR) is 151 cm³/mol. The van der Waals surface area contributed by atoms with Gasteiger partial charge in [-0.15, -0.1) is 0 Å². The minimum absolute atomic E-state index is 0. The van der Waals surface area contributed by atoms with Crippen LogP contribution in [0.1, 0.15) is 103 Å². The Kier molecular flexibility index (Phi) is 13.4. The van der Waals surface area contributed by atoms with E-state index >= 15 is 0 Å². The minimum Gasteiger partial charge on any atom is -0.335 e. The molecule has 0 aromatic heterocycles. The van der Waals surface area contributed by atoms with Gasteiger partial charge in [0.25, 0.3) is 0 Å². The van der Waals surface area contributed by atoms with Crippen LogP contribution >= 0.6 is 0 Å². The van der Waals surface area contributed by atoms with Crippen LogP contribution in [0.5, 0.6) is 0 Å². The van der Waals surface area contributed by atoms with E-state index in [9.17, 15) is 0 Å². The van der Waals surface area contributed by atoms with Crippen molar-refractivity contribution in [3.63, 3.8) is 0 Å². The zero-order valence-electron chi connectivity index (χ0n) is 26.2. The normalized spacial score (nSPS) is 39.8. The molecule has 0 aromatic carbocycles. The number of hydrogen-bond acceptors (Lipinski definition) is 0. The summed E-state index contributed by atoms with van der Waals surface area (Å²) in [5, 5.41) is 0. The first-order valence-corrected chi connectivity index (χ1v) is 14.3. The molecule has 10 atom stereocenters. The van der Waals surface area contributed by atoms with E-state index in [2.05, 4.69) is 83.1 Å². The van der Waals surface area contributed by atoms with Crippen LogP contribution in [0.4, 0.5) is 0 Å². The van der Waals surface area contributed by atoms with Gasteiger partial charge in [-0.25, -0.2) is 0 Å². The van der Waals surface area contributed by atoms with Crippen molar-refractivity contribution in [3.05, 3.63) is 51.0 Å². The fourth-order valence-corrected chi connectivity index (χ4v) is 9.00. The van der Waals surface area contributed by atoms with E-state index in [1.165, 1.54) is 6.42 Å². The number of rotatable bonds is 2. The van der Waals surface area contributed by atoms with Crippen LogP contribution in [-0.2, 0) is 65.4 Å². The summed E-state index contributed by atoms with van der Waals surface area (Å²) in [4.78, 5) is 0. The Hall–Kier alpha value is 1.17. The summed E-state index contributed by atoms with van der Waals surface area (Å²) < 4.78 is 0. The van der Waals surface area contributed by atoms with Crippen LogP contribution in [-0.4, -0.2) is 0 Å². The van der Waals surface area contributed by atoms with E-state index in [1.54, 1.807) is 44.6 Å². The van der Waals surface area contributed by atoms with Gasteiger partial charge in [0.05, 0.1) is 0 Å². The van der Waals surface area contributed by atoms with E-state index in [-0.39, 0.29) is 65.4 Å². The smallest absolute Gasteiger partial charge is 0 e. The van der Waals surface area contributed by atoms with Gasteiger partial charge in [0, 0.05) is 65.4 Å². The van der Waals surface area contributed by atoms with Crippen molar-refractivity contribution < 1.29 is 65.4 Å². The molecule has 2 heteroatoms. The molecule has 0 bridgehead atoms. The van der Waals surface area contributed by atoms with E-state index < -0.39 is 0 Å². The first-order chi connectivity index (χ1) is 15.8. The van der Waals surface area contributed by atoms with Gasteiger partial charge in [0.1, 0.15) is 0 Å². The van der Waals surface area contributed by atoms with Crippen molar-refractivity contribution in [2.24, 2.45) is 59.2 Å². The summed E-state index contributed by atoms with van der Waals surface area (Å²) in [7, 11) is 0. The van der Waals surface area contributed by atoms with Crippen molar-refractivity contribution in [2.75, 3.05) is 0 Å². The molecule has 0 heterocycles. The van der Waals surface area contributed by atoms with Gasteiger partial charge >= 0.3 is 0 Å². The molecule has 2 fully saturated rings. The molecular formula is C34H55Y2-. The Balaban J connectivity index is 0.00000123. The quantitative estimate of drug-likeness (QED) is 0.263. The molecule has 4 rings (SSSR count). The zero-order valence-corrected chi connectivity index (χ0v) is 31.9. The Labute approximate surface area is 276 Å². The van der Waals surface area contributed by atoms with Crippen molar-refractivity contribution in [2.45, 2.75) is 103 Å². The molecule has 0 aromatic rings. The number of fused-ring (bicyclic) bond motifs is 2. The zero-order chi connectivity index (χ0) is 25.8. The molecule has 4 aliphatic rings. The molecular weight excluding hydrogens is 586 g/mol. The summed E-state index contributed by atoms with van der Waals surface area (Å²) in [6.07, 6.45) is 3.42. The van der Waals surface area contributed by atoms with E-state index in [1.807, 2.05) is 20.3 Å². The molecule has 0 nitrogen and oxygen atoms in total. The fraction of sp³-hybridized carbons (Fsp3) is 0.735. The van der Waals surface area contributed by atoms with Crippen molar-refractivity contribution in [1.82, 2.24) is 0 Å². The monoisotopic (exact) mass is 641 g/mol. The van der Waals surface area contributed by atoms with Crippen LogP contribution in [0.2, 0.25) is 0 Å². The topological polar surface area (TPSA) is 0 Å². The second-order valence-corrected chi connectivity index (χ2v) is 12.9. The van der Waals surface area contributed by atoms with E-state index in [0.717, 1.165) is 59.2 Å². The Bertz CT molecular complexity index is 855. The average Bonchev–Trinajstić information content (AvgIpc) is 3.19. The fourth-order valence-electron chi connectivity index (χ4n) is 9.00. The summed E-state index contributed by atoms with van der Waals surface area (Å²) >= 11 is 0. The second-order valence-electron chi connectivity index (χ2n) is 12.9. The molecule has 0 amide bonds. The van der Waals surface area contributed by atoms with Crippen LogP contribution in [0.3, 0.4) is 0 Å². The standard InChI is InChI=1S/C31H48.C3H7.2Y/c1-14-16(3)22(9)30-26(18(5)24(11)28(30)20(14)7)13-27-19(6)25(12)29-21(8)15(2)17(4)23(10)31(27)29;1-3-2;;/h18-19,24-31H,13H2,1-12H3;3H,1-2H3;;/q;-1;;. The largest absolute Gasteiger partial charge is 0.335 e. The van der Waals surface area contributed by atoms with E-state index in [4.69, 9.17) is 0 Å². The maximum absolute atomic E-state index is 2.59. The van der Waals surface area contributed by atoms with Crippen LogP contribution in [0.25, 0.3) is 0 Å². The molecule has 0 saturated heterocycles. The van der Waals surface area contributed by atoms with Gasteiger partial charge in [-0.2, -0.15) is 13.8 Å². The number of hydrogen-bond donors (Lipinski definition) is 0. The van der Waals surface area contributed by atoms with Gasteiger partial charge in [-0.05, 0) is 143 Å². The van der Waals surface area contributed by atoms with Crippen LogP contribution in [0, 0.1) is 65.6 Å². The Morgan fingerprint density at radius 1 is 0.444 bits per heavy atom. The van der Waals surface area contributed by atoms with Gasteiger partial charge in [0.15, 0.2) is 0 Å². The van der Waals surface area contributed by atoms with Gasteiger partial charge in [-0.3, -0.25) is 0 Å². The maximum Gasteiger partial charge on any atom is 0 e. The van der Waals surface area contributed by atoms with E-state index in [0.29, 0.717) is 0 Å². The Morgan fingerprint density at radius 2 is 0.667 bits per heavy atom. The molecule has 4 aliphatic carbocycles. The summed E-state index contributed by atoms with van der Waals surface area (Å²) in [5.41, 5.74) is 13.2. The Morgan fingerprint density at radius 3 is 0.917 bits per heavy atom. The third-order valence-corrected chi connectivity index (χ3v) is 11.9. The molecule has 0 N–H and O–H groups in total. The first kappa shape index (κ1) is 35.2. The minimum atomic E-state index is 0. The molecule has 2 radical (unpaired) electrons. The summed E-state index contributed by atoms with van der Waals surface area (Å²) in [6.45, 7) is 33.6. The third-order valence-electron chi connectivity index (χ3n) is 11.9. The molecule has 0 spiro atoms. The van der Waals surface area contributed by atoms with Crippen molar-refractivity contribution >= 4 is 0 Å². The van der Waals surface area contributed by atoms with Crippen LogP contribution < -0.4 is 0 Å². The predicted octanol–water partition coefficient (Wildman–Crippen LogP) is 10.2. The van der Waals surface area contributed by atoms with Crippen molar-refractivity contribution in [1.29, 1.82) is 0 Å². The third kappa shape index (κ3) is 5.66. The average molecular weight is 642 g/mol. The van der Waals surface area contributed by atoms with Gasteiger partial charge in [0.2, 0.25) is 0 Å². The molecule has 198 valence electrons. The first-order valence-electron chi connectivity index (χ1n) is 14.3. The van der Waals surface area contributed by atoms with Gasteiger partial charge < -0.3 is 6.42 Å². The molecule has 2 saturated carbocycles. The summed E-state index contributed by atoms with van der Waals surface area (Å²) in [6, 6.07) is 0. The molecule has 0 aliphatic heterocycles. The molecule has 36 heavy (non-hydrogen) atoms. The van der Waals surface area contributed by atoms with Crippen LogP contribution in [0.15, 0.2) is 44.6 Å². The number of allylic oxidation sites excluding steroid dienone is 8. The maximum atomic E-state index is 2.59. The molecule has 10 unspecified atom stereocenters. The SMILES string of the molecule is CC1=C(C)C2C(C)C(C)C(CC3C(C)C(C)C4C(C)=C(C)C(C)=C(C)C34)C2C(C)=C1C.C[CH-]C.[Y].[Y]. The second kappa shape index (κ2) is 13.7. The van der Waals surface area contributed by atoms with Crippen molar-refractivity contribution in [3.8, 4) is 0 Å². The van der Waals surface area contributed by atoms with Gasteiger partial charge in [-0.1, -0.05) is 50.0 Å². The summed E-state index contributed by atoms with van der Waals surface area (Å²) in [5.74, 6) is 7.95.